The van der Waals surface area contributed by atoms with Gasteiger partial charge in [-0.15, -0.1) is 0 Å². The van der Waals surface area contributed by atoms with Crippen LogP contribution in [0.3, 0.4) is 0 Å². The van der Waals surface area contributed by atoms with Gasteiger partial charge in [-0.1, -0.05) is 30.3 Å². The van der Waals surface area contributed by atoms with Crippen LogP contribution >= 0.6 is 0 Å². The van der Waals surface area contributed by atoms with E-state index in [1.165, 1.54) is 5.56 Å². The summed E-state index contributed by atoms with van der Waals surface area (Å²) in [6.07, 6.45) is 3.56. The quantitative estimate of drug-likeness (QED) is 0.888. The maximum absolute atomic E-state index is 12.2. The predicted octanol–water partition coefficient (Wildman–Crippen LogP) is 2.22. The second-order valence-corrected chi connectivity index (χ2v) is 7.52. The minimum atomic E-state index is -0.885. The number of hydrogen-bond acceptors (Lipinski definition) is 3. The third kappa shape index (κ3) is 2.71. The summed E-state index contributed by atoms with van der Waals surface area (Å²) in [6.45, 7) is 0.613. The van der Waals surface area contributed by atoms with Crippen LogP contribution in [-0.2, 0) is 15.1 Å². The third-order valence-electron chi connectivity index (χ3n) is 6.29. The van der Waals surface area contributed by atoms with Crippen molar-refractivity contribution in [3.63, 3.8) is 0 Å². The van der Waals surface area contributed by atoms with Gasteiger partial charge in [-0.25, -0.2) is 0 Å². The Balaban J connectivity index is 1.85. The molecule has 1 aliphatic carbocycles. The molecule has 130 valence electrons. The number of carbonyl (C=O) groups excluding carboxylic acids is 1. The summed E-state index contributed by atoms with van der Waals surface area (Å²) in [4.78, 5) is 25.6. The lowest BCUT2D eigenvalue weighted by molar-refractivity contribution is -0.142. The summed E-state index contributed by atoms with van der Waals surface area (Å²) in [5.41, 5.74) is 1.06. The molecule has 1 amide bonds. The van der Waals surface area contributed by atoms with Gasteiger partial charge in [0, 0.05) is 17.5 Å². The van der Waals surface area contributed by atoms with E-state index in [0.717, 1.165) is 25.7 Å². The second-order valence-electron chi connectivity index (χ2n) is 7.52. The zero-order chi connectivity index (χ0) is 17.4. The molecule has 1 aliphatic heterocycles. The van der Waals surface area contributed by atoms with Crippen molar-refractivity contribution in [2.75, 3.05) is 20.6 Å². The summed E-state index contributed by atoms with van der Waals surface area (Å²) >= 11 is 0. The van der Waals surface area contributed by atoms with Gasteiger partial charge in [0.15, 0.2) is 0 Å². The molecule has 1 unspecified atom stereocenters. The van der Waals surface area contributed by atoms with Crippen LogP contribution in [0.5, 0.6) is 0 Å². The molecule has 1 aromatic carbocycles. The highest BCUT2D eigenvalue weighted by Crippen LogP contribution is 2.53. The molecular formula is C19H26N2O3. The Hall–Kier alpha value is -1.88. The summed E-state index contributed by atoms with van der Waals surface area (Å²) in [5, 5.41) is 12.1. The summed E-state index contributed by atoms with van der Waals surface area (Å²) in [5.74, 6) is -1.37. The third-order valence-corrected chi connectivity index (χ3v) is 6.29. The molecule has 2 aliphatic rings. The van der Waals surface area contributed by atoms with E-state index in [1.54, 1.807) is 0 Å². The van der Waals surface area contributed by atoms with E-state index in [0.29, 0.717) is 6.54 Å². The average Bonchev–Trinajstić information content (AvgIpc) is 2.86. The lowest BCUT2D eigenvalue weighted by Crippen LogP contribution is -2.49. The van der Waals surface area contributed by atoms with Crippen LogP contribution < -0.4 is 5.32 Å². The monoisotopic (exact) mass is 330 g/mol. The van der Waals surface area contributed by atoms with Crippen LogP contribution in [0, 0.1) is 11.3 Å². The van der Waals surface area contributed by atoms with Gasteiger partial charge in [0.05, 0.1) is 12.3 Å². The SMILES string of the molecule is CN(C)C1(c2ccccc2)CCC2(CC1)CNC(=O)C2CC(=O)O. The van der Waals surface area contributed by atoms with E-state index in [4.69, 9.17) is 0 Å². The number of benzene rings is 1. The summed E-state index contributed by atoms with van der Waals surface area (Å²) in [6, 6.07) is 10.5. The fourth-order valence-corrected chi connectivity index (χ4v) is 4.70. The number of hydrogen-bond donors (Lipinski definition) is 2. The van der Waals surface area contributed by atoms with E-state index in [2.05, 4.69) is 48.6 Å². The van der Waals surface area contributed by atoms with Crippen molar-refractivity contribution in [3.05, 3.63) is 35.9 Å². The molecule has 2 fully saturated rings. The highest BCUT2D eigenvalue weighted by atomic mass is 16.4. The Bertz CT molecular complexity index is 619. The normalized spacial score (nSPS) is 33.0. The number of carboxylic acids is 1. The van der Waals surface area contributed by atoms with Gasteiger partial charge in [-0.05, 0) is 45.3 Å². The second kappa shape index (κ2) is 6.20. The zero-order valence-electron chi connectivity index (χ0n) is 14.4. The maximum Gasteiger partial charge on any atom is 0.304 e. The molecule has 0 aromatic heterocycles. The van der Waals surface area contributed by atoms with Crippen LogP contribution in [0.25, 0.3) is 0 Å². The Morgan fingerprint density at radius 3 is 2.38 bits per heavy atom. The van der Waals surface area contributed by atoms with Crippen LogP contribution in [0.4, 0.5) is 0 Å². The van der Waals surface area contributed by atoms with E-state index in [-0.39, 0.29) is 23.3 Å². The maximum atomic E-state index is 12.2. The molecule has 24 heavy (non-hydrogen) atoms. The largest absolute Gasteiger partial charge is 0.481 e. The Morgan fingerprint density at radius 2 is 1.83 bits per heavy atom. The van der Waals surface area contributed by atoms with Gasteiger partial charge in [-0.3, -0.25) is 14.5 Å². The van der Waals surface area contributed by atoms with Crippen molar-refractivity contribution in [2.45, 2.75) is 37.6 Å². The summed E-state index contributed by atoms with van der Waals surface area (Å²) < 4.78 is 0. The zero-order valence-corrected chi connectivity index (χ0v) is 14.4. The van der Waals surface area contributed by atoms with E-state index < -0.39 is 11.9 Å². The molecule has 1 heterocycles. The standard InChI is InChI=1S/C19H26N2O3/c1-21(2)19(14-6-4-3-5-7-14)10-8-18(9-11-19)13-20-17(24)15(18)12-16(22)23/h3-7,15H,8-13H2,1-2H3,(H,20,24)(H,22,23). The van der Waals surface area contributed by atoms with Gasteiger partial charge < -0.3 is 10.4 Å². The van der Waals surface area contributed by atoms with Crippen LogP contribution in [-0.4, -0.2) is 42.5 Å². The van der Waals surface area contributed by atoms with E-state index in [1.807, 2.05) is 6.07 Å². The Labute approximate surface area is 143 Å². The number of nitrogens with zero attached hydrogens (tertiary/aromatic N) is 1. The molecule has 2 N–H and O–H groups in total. The van der Waals surface area contributed by atoms with Crippen molar-refractivity contribution >= 4 is 11.9 Å². The smallest absolute Gasteiger partial charge is 0.304 e. The Morgan fingerprint density at radius 1 is 1.21 bits per heavy atom. The molecule has 1 atom stereocenters. The first-order valence-corrected chi connectivity index (χ1v) is 8.62. The van der Waals surface area contributed by atoms with Crippen molar-refractivity contribution in [3.8, 4) is 0 Å². The molecule has 0 radical (unpaired) electrons. The molecule has 1 spiro atoms. The number of aliphatic carboxylic acids is 1. The van der Waals surface area contributed by atoms with E-state index >= 15 is 0 Å². The van der Waals surface area contributed by atoms with Crippen molar-refractivity contribution in [1.29, 1.82) is 0 Å². The molecule has 5 heteroatoms. The van der Waals surface area contributed by atoms with Crippen LogP contribution in [0.15, 0.2) is 30.3 Å². The minimum Gasteiger partial charge on any atom is -0.481 e. The molecule has 0 bridgehead atoms. The van der Waals surface area contributed by atoms with Crippen molar-refractivity contribution in [2.24, 2.45) is 11.3 Å². The van der Waals surface area contributed by atoms with E-state index in [9.17, 15) is 14.7 Å². The Kier molecular flexibility index (Phi) is 4.38. The first-order valence-electron chi connectivity index (χ1n) is 8.62. The molecule has 1 saturated heterocycles. The molecule has 3 rings (SSSR count). The highest BCUT2D eigenvalue weighted by Gasteiger charge is 2.53. The molecule has 5 nitrogen and oxygen atoms in total. The van der Waals surface area contributed by atoms with Crippen LogP contribution in [0.2, 0.25) is 0 Å². The fraction of sp³-hybridized carbons (Fsp3) is 0.579. The van der Waals surface area contributed by atoms with Crippen LogP contribution in [0.1, 0.15) is 37.7 Å². The first-order chi connectivity index (χ1) is 11.4. The molecule has 1 saturated carbocycles. The number of carboxylic acid groups (broad SMARTS) is 1. The fourth-order valence-electron chi connectivity index (χ4n) is 4.70. The summed E-state index contributed by atoms with van der Waals surface area (Å²) in [7, 11) is 4.22. The lowest BCUT2D eigenvalue weighted by Gasteiger charge is -2.50. The highest BCUT2D eigenvalue weighted by molar-refractivity contribution is 5.86. The van der Waals surface area contributed by atoms with Gasteiger partial charge in [-0.2, -0.15) is 0 Å². The minimum absolute atomic E-state index is 0.0358. The molecular weight excluding hydrogens is 304 g/mol. The number of rotatable bonds is 4. The van der Waals surface area contributed by atoms with Gasteiger partial charge >= 0.3 is 5.97 Å². The first kappa shape index (κ1) is 17.0. The van der Waals surface area contributed by atoms with Crippen molar-refractivity contribution in [1.82, 2.24) is 10.2 Å². The van der Waals surface area contributed by atoms with Gasteiger partial charge in [0.1, 0.15) is 0 Å². The number of amides is 1. The van der Waals surface area contributed by atoms with Crippen molar-refractivity contribution < 1.29 is 14.7 Å². The number of nitrogens with one attached hydrogen (secondary N) is 1. The predicted molar refractivity (Wildman–Crippen MR) is 91.5 cm³/mol. The lowest BCUT2D eigenvalue weighted by atomic mass is 9.60. The topological polar surface area (TPSA) is 69.6 Å². The van der Waals surface area contributed by atoms with Gasteiger partial charge in [0.2, 0.25) is 5.91 Å². The average molecular weight is 330 g/mol. The van der Waals surface area contributed by atoms with Gasteiger partial charge in [0.25, 0.3) is 0 Å². The number of carbonyl (C=O) groups is 2. The molecule has 1 aromatic rings.